The highest BCUT2D eigenvalue weighted by Gasteiger charge is 2.19. The van der Waals surface area contributed by atoms with Crippen molar-refractivity contribution in [1.82, 2.24) is 4.98 Å². The van der Waals surface area contributed by atoms with Crippen LogP contribution in [0.25, 0.3) is 11.3 Å². The second-order valence-corrected chi connectivity index (χ2v) is 3.55. The third-order valence-electron chi connectivity index (χ3n) is 2.05. The number of nitrogens with zero attached hydrogens (tertiary/aromatic N) is 1. The topological polar surface area (TPSA) is 26.0 Å². The molecule has 0 bridgehead atoms. The average molecular weight is 292 g/mol. The van der Waals surface area contributed by atoms with Gasteiger partial charge >= 0.3 is 0 Å². The van der Waals surface area contributed by atoms with Gasteiger partial charge in [0.2, 0.25) is 0 Å². The highest BCUT2D eigenvalue weighted by molar-refractivity contribution is 9.08. The number of rotatable bonds is 2. The predicted octanol–water partition coefficient (Wildman–Crippen LogP) is 3.65. The van der Waals surface area contributed by atoms with Crippen LogP contribution in [0, 0.1) is 17.5 Å². The summed E-state index contributed by atoms with van der Waals surface area (Å²) in [5.74, 6) is -3.94. The highest BCUT2D eigenvalue weighted by atomic mass is 79.9. The van der Waals surface area contributed by atoms with Crippen molar-refractivity contribution in [1.29, 1.82) is 0 Å². The Balaban J connectivity index is 2.61. The second kappa shape index (κ2) is 4.29. The summed E-state index contributed by atoms with van der Waals surface area (Å²) in [6.45, 7) is 0. The van der Waals surface area contributed by atoms with E-state index < -0.39 is 17.5 Å². The number of aromatic nitrogens is 1. The number of benzene rings is 1. The number of hydrogen-bond donors (Lipinski definition) is 0. The molecule has 1 aromatic heterocycles. The Kier molecular flexibility index (Phi) is 3.00. The van der Waals surface area contributed by atoms with Crippen LogP contribution in [0.2, 0.25) is 0 Å². The van der Waals surface area contributed by atoms with Gasteiger partial charge in [-0.05, 0) is 12.1 Å². The molecule has 0 fully saturated rings. The molecule has 0 radical (unpaired) electrons. The Hall–Kier alpha value is -1.30. The fourth-order valence-corrected chi connectivity index (χ4v) is 1.68. The normalized spacial score (nSPS) is 10.8. The summed E-state index contributed by atoms with van der Waals surface area (Å²) in [6.07, 6.45) is 1.12. The molecule has 0 amide bonds. The first kappa shape index (κ1) is 11.2. The van der Waals surface area contributed by atoms with E-state index in [1.165, 1.54) is 0 Å². The summed E-state index contributed by atoms with van der Waals surface area (Å²) in [5, 5.41) is 0.331. The zero-order valence-corrected chi connectivity index (χ0v) is 9.39. The maximum absolute atomic E-state index is 13.4. The molecule has 16 heavy (non-hydrogen) atoms. The van der Waals surface area contributed by atoms with Crippen molar-refractivity contribution in [2.24, 2.45) is 0 Å². The third-order valence-corrected chi connectivity index (χ3v) is 2.58. The van der Waals surface area contributed by atoms with Gasteiger partial charge in [-0.1, -0.05) is 15.9 Å². The average Bonchev–Trinajstić information content (AvgIpc) is 2.74. The summed E-state index contributed by atoms with van der Waals surface area (Å²) in [5.41, 5.74) is 0.274. The summed E-state index contributed by atoms with van der Waals surface area (Å²) >= 11 is 3.13. The molecule has 0 atom stereocenters. The van der Waals surface area contributed by atoms with Gasteiger partial charge in [0.15, 0.2) is 29.6 Å². The molecule has 0 aliphatic rings. The van der Waals surface area contributed by atoms with E-state index in [1.54, 1.807) is 0 Å². The maximum atomic E-state index is 13.4. The fourth-order valence-electron chi connectivity index (χ4n) is 1.28. The number of halogens is 4. The first-order valence-corrected chi connectivity index (χ1v) is 5.39. The molecule has 2 rings (SSSR count). The van der Waals surface area contributed by atoms with Gasteiger partial charge in [-0.2, -0.15) is 0 Å². The molecule has 2 aromatic rings. The van der Waals surface area contributed by atoms with Gasteiger partial charge in [-0.15, -0.1) is 0 Å². The molecule has 1 aromatic carbocycles. The Morgan fingerprint density at radius 2 is 1.94 bits per heavy atom. The summed E-state index contributed by atoms with van der Waals surface area (Å²) in [4.78, 5) is 3.81. The Bertz CT molecular complexity index is 527. The van der Waals surface area contributed by atoms with E-state index in [2.05, 4.69) is 20.9 Å². The molecule has 84 valence electrons. The number of hydrogen-bond acceptors (Lipinski definition) is 2. The zero-order valence-electron chi connectivity index (χ0n) is 7.81. The molecule has 0 saturated heterocycles. The second-order valence-electron chi connectivity index (χ2n) is 2.98. The summed E-state index contributed by atoms with van der Waals surface area (Å²) < 4.78 is 44.1. The van der Waals surface area contributed by atoms with Crippen molar-refractivity contribution in [2.75, 3.05) is 0 Å². The van der Waals surface area contributed by atoms with Crippen LogP contribution in [0.3, 0.4) is 0 Å². The standard InChI is InChI=1S/C10H5BrF3NO/c11-3-7-10(16-4-15-7)5-1-2-6(12)9(14)8(5)13/h1-2,4H,3H2. The van der Waals surface area contributed by atoms with E-state index in [4.69, 9.17) is 4.42 Å². The molecule has 6 heteroatoms. The smallest absolute Gasteiger partial charge is 0.195 e. The van der Waals surface area contributed by atoms with E-state index in [9.17, 15) is 13.2 Å². The fraction of sp³-hybridized carbons (Fsp3) is 0.100. The third kappa shape index (κ3) is 1.73. The number of oxazole rings is 1. The van der Waals surface area contributed by atoms with E-state index in [0.29, 0.717) is 11.0 Å². The van der Waals surface area contributed by atoms with Gasteiger partial charge in [0, 0.05) is 5.33 Å². The minimum Gasteiger partial charge on any atom is -0.443 e. The number of alkyl halides is 1. The Morgan fingerprint density at radius 3 is 2.62 bits per heavy atom. The van der Waals surface area contributed by atoms with E-state index >= 15 is 0 Å². The molecule has 0 saturated carbocycles. The molecule has 0 aliphatic heterocycles. The monoisotopic (exact) mass is 291 g/mol. The lowest BCUT2D eigenvalue weighted by Crippen LogP contribution is -1.94. The van der Waals surface area contributed by atoms with Gasteiger partial charge in [0.1, 0.15) is 0 Å². The summed E-state index contributed by atoms with van der Waals surface area (Å²) in [7, 11) is 0. The van der Waals surface area contributed by atoms with Crippen molar-refractivity contribution < 1.29 is 17.6 Å². The lowest BCUT2D eigenvalue weighted by atomic mass is 10.1. The van der Waals surface area contributed by atoms with Gasteiger partial charge in [-0.25, -0.2) is 18.2 Å². The first-order chi connectivity index (χ1) is 7.65. The van der Waals surface area contributed by atoms with E-state index in [0.717, 1.165) is 18.5 Å². The predicted molar refractivity (Wildman–Crippen MR) is 54.4 cm³/mol. The van der Waals surface area contributed by atoms with Gasteiger partial charge in [0.05, 0.1) is 11.3 Å². The lowest BCUT2D eigenvalue weighted by molar-refractivity contribution is 0.446. The minimum absolute atomic E-state index is 0.0910. The van der Waals surface area contributed by atoms with Gasteiger partial charge in [-0.3, -0.25) is 0 Å². The molecule has 0 N–H and O–H groups in total. The van der Waals surface area contributed by atoms with Crippen LogP contribution in [-0.4, -0.2) is 4.98 Å². The molecule has 0 aliphatic carbocycles. The zero-order chi connectivity index (χ0) is 11.7. The van der Waals surface area contributed by atoms with Crippen molar-refractivity contribution in [3.05, 3.63) is 41.7 Å². The molecule has 1 heterocycles. The molecule has 0 spiro atoms. The molecular weight excluding hydrogens is 287 g/mol. The van der Waals surface area contributed by atoms with Crippen molar-refractivity contribution in [3.8, 4) is 11.3 Å². The minimum atomic E-state index is -1.52. The molecule has 2 nitrogen and oxygen atoms in total. The molecular formula is C10H5BrF3NO. The van der Waals surface area contributed by atoms with E-state index in [-0.39, 0.29) is 11.3 Å². The van der Waals surface area contributed by atoms with Crippen molar-refractivity contribution >= 4 is 15.9 Å². The largest absolute Gasteiger partial charge is 0.443 e. The Morgan fingerprint density at radius 1 is 1.19 bits per heavy atom. The van der Waals surface area contributed by atoms with Crippen LogP contribution in [0.5, 0.6) is 0 Å². The van der Waals surface area contributed by atoms with Crippen molar-refractivity contribution in [3.63, 3.8) is 0 Å². The van der Waals surface area contributed by atoms with Crippen LogP contribution in [0.15, 0.2) is 22.9 Å². The van der Waals surface area contributed by atoms with Crippen LogP contribution in [0.4, 0.5) is 13.2 Å². The maximum Gasteiger partial charge on any atom is 0.195 e. The van der Waals surface area contributed by atoms with Crippen LogP contribution < -0.4 is 0 Å². The van der Waals surface area contributed by atoms with Crippen LogP contribution >= 0.6 is 15.9 Å². The van der Waals surface area contributed by atoms with Gasteiger partial charge < -0.3 is 4.42 Å². The van der Waals surface area contributed by atoms with Crippen molar-refractivity contribution in [2.45, 2.75) is 5.33 Å². The SMILES string of the molecule is Fc1ccc(-c2ocnc2CBr)c(F)c1F. The lowest BCUT2D eigenvalue weighted by Gasteiger charge is -2.02. The van der Waals surface area contributed by atoms with E-state index in [1.807, 2.05) is 0 Å². The van der Waals surface area contributed by atoms with Gasteiger partial charge in [0.25, 0.3) is 0 Å². The quantitative estimate of drug-likeness (QED) is 0.623. The summed E-state index contributed by atoms with van der Waals surface area (Å²) in [6, 6.07) is 1.95. The molecule has 0 unspecified atom stereocenters. The Labute approximate surface area is 97.2 Å². The first-order valence-electron chi connectivity index (χ1n) is 4.27. The van der Waals surface area contributed by atoms with Crippen LogP contribution in [-0.2, 0) is 5.33 Å². The van der Waals surface area contributed by atoms with Crippen LogP contribution in [0.1, 0.15) is 5.69 Å². The highest BCUT2D eigenvalue weighted by Crippen LogP contribution is 2.29.